The first-order valence-corrected chi connectivity index (χ1v) is 5.39. The molecule has 0 bridgehead atoms. The normalized spacial score (nSPS) is 17.5. The van der Waals surface area contributed by atoms with E-state index in [-0.39, 0.29) is 0 Å². The van der Waals surface area contributed by atoms with E-state index in [0.29, 0.717) is 12.5 Å². The van der Waals surface area contributed by atoms with Crippen molar-refractivity contribution in [3.8, 4) is 5.75 Å². The van der Waals surface area contributed by atoms with Crippen molar-refractivity contribution in [3.05, 3.63) is 29.8 Å². The fourth-order valence-corrected chi connectivity index (χ4v) is 1.95. The Bertz CT molecular complexity index is 321. The highest BCUT2D eigenvalue weighted by molar-refractivity contribution is 5.32. The van der Waals surface area contributed by atoms with E-state index >= 15 is 0 Å². The highest BCUT2D eigenvalue weighted by Gasteiger charge is 2.23. The summed E-state index contributed by atoms with van der Waals surface area (Å²) in [7, 11) is 2.13. The van der Waals surface area contributed by atoms with Gasteiger partial charge in [0.05, 0.1) is 6.61 Å². The maximum atomic E-state index is 5.77. The lowest BCUT2D eigenvalue weighted by Gasteiger charge is -2.35. The number of hydrogen-bond donors (Lipinski definition) is 1. The largest absolute Gasteiger partial charge is 0.493 e. The van der Waals surface area contributed by atoms with Crippen LogP contribution in [0.2, 0.25) is 0 Å². The van der Waals surface area contributed by atoms with Crippen LogP contribution in [0.5, 0.6) is 5.75 Å². The summed E-state index contributed by atoms with van der Waals surface area (Å²) < 4.78 is 5.77. The van der Waals surface area contributed by atoms with Crippen LogP contribution in [-0.2, 0) is 6.54 Å². The van der Waals surface area contributed by atoms with Gasteiger partial charge in [-0.2, -0.15) is 0 Å². The Balaban J connectivity index is 1.87. The minimum atomic E-state index is 0.542. The van der Waals surface area contributed by atoms with E-state index in [9.17, 15) is 0 Å². The highest BCUT2D eigenvalue weighted by atomic mass is 16.5. The van der Waals surface area contributed by atoms with E-state index in [1.165, 1.54) is 0 Å². The molecule has 0 aromatic heterocycles. The molecule has 1 aromatic rings. The molecule has 0 saturated carbocycles. The van der Waals surface area contributed by atoms with Gasteiger partial charge in [0.2, 0.25) is 0 Å². The molecule has 82 valence electrons. The van der Waals surface area contributed by atoms with Crippen LogP contribution in [0.4, 0.5) is 0 Å². The monoisotopic (exact) mass is 206 g/mol. The molecule has 15 heavy (non-hydrogen) atoms. The maximum Gasteiger partial charge on any atom is 0.123 e. The quantitative estimate of drug-likeness (QED) is 0.801. The number of nitrogens with two attached hydrogens (primary N) is 1. The molecule has 1 aromatic carbocycles. The molecule has 3 nitrogen and oxygen atoms in total. The van der Waals surface area contributed by atoms with Gasteiger partial charge in [-0.3, -0.25) is 0 Å². The van der Waals surface area contributed by atoms with Crippen molar-refractivity contribution in [2.75, 3.05) is 26.7 Å². The molecule has 1 aliphatic rings. The third-order valence-corrected chi connectivity index (χ3v) is 2.81. The topological polar surface area (TPSA) is 38.5 Å². The van der Waals surface area contributed by atoms with Crippen molar-refractivity contribution in [2.24, 2.45) is 11.7 Å². The maximum absolute atomic E-state index is 5.77. The predicted molar refractivity (Wildman–Crippen MR) is 60.8 cm³/mol. The van der Waals surface area contributed by atoms with Crippen LogP contribution in [0.1, 0.15) is 5.56 Å². The molecule has 1 aliphatic heterocycles. The van der Waals surface area contributed by atoms with Gasteiger partial charge in [-0.1, -0.05) is 18.2 Å². The van der Waals surface area contributed by atoms with Crippen LogP contribution in [0.25, 0.3) is 0 Å². The van der Waals surface area contributed by atoms with Crippen molar-refractivity contribution in [1.29, 1.82) is 0 Å². The van der Waals surface area contributed by atoms with Gasteiger partial charge in [-0.25, -0.2) is 0 Å². The van der Waals surface area contributed by atoms with Gasteiger partial charge in [-0.05, 0) is 13.1 Å². The average molecular weight is 206 g/mol. The summed E-state index contributed by atoms with van der Waals surface area (Å²) in [5.41, 5.74) is 6.73. The van der Waals surface area contributed by atoms with Crippen molar-refractivity contribution in [3.63, 3.8) is 0 Å². The first kappa shape index (κ1) is 10.5. The smallest absolute Gasteiger partial charge is 0.123 e. The molecule has 1 fully saturated rings. The summed E-state index contributed by atoms with van der Waals surface area (Å²) in [5.74, 6) is 1.62. The van der Waals surface area contributed by atoms with E-state index in [1.54, 1.807) is 0 Å². The van der Waals surface area contributed by atoms with Crippen molar-refractivity contribution >= 4 is 0 Å². The summed E-state index contributed by atoms with van der Waals surface area (Å²) in [4.78, 5) is 2.29. The van der Waals surface area contributed by atoms with Crippen LogP contribution in [0.3, 0.4) is 0 Å². The van der Waals surface area contributed by atoms with E-state index in [1.807, 2.05) is 24.3 Å². The van der Waals surface area contributed by atoms with E-state index in [2.05, 4.69) is 11.9 Å². The SMILES string of the molecule is CN1CC(COc2ccccc2CN)C1. The standard InChI is InChI=1S/C12H18N2O/c1-14-7-10(8-14)9-15-12-5-3-2-4-11(12)6-13/h2-5,10H,6-9,13H2,1H3. The van der Waals surface area contributed by atoms with E-state index < -0.39 is 0 Å². The third kappa shape index (κ3) is 2.49. The predicted octanol–water partition coefficient (Wildman–Crippen LogP) is 1.09. The Labute approximate surface area is 90.8 Å². The van der Waals surface area contributed by atoms with Crippen LogP contribution >= 0.6 is 0 Å². The van der Waals surface area contributed by atoms with Crippen LogP contribution < -0.4 is 10.5 Å². The second-order valence-corrected chi connectivity index (χ2v) is 4.21. The fourth-order valence-electron chi connectivity index (χ4n) is 1.95. The van der Waals surface area contributed by atoms with Gasteiger partial charge in [-0.15, -0.1) is 0 Å². The summed E-state index contributed by atoms with van der Waals surface area (Å²) in [6.07, 6.45) is 0. The second-order valence-electron chi connectivity index (χ2n) is 4.21. The Kier molecular flexibility index (Phi) is 3.23. The third-order valence-electron chi connectivity index (χ3n) is 2.81. The van der Waals surface area contributed by atoms with Crippen molar-refractivity contribution in [2.45, 2.75) is 6.54 Å². The number of nitrogens with zero attached hydrogens (tertiary/aromatic N) is 1. The number of para-hydroxylation sites is 1. The summed E-state index contributed by atoms with van der Waals surface area (Å²) >= 11 is 0. The van der Waals surface area contributed by atoms with Gasteiger partial charge in [0, 0.05) is 31.1 Å². The van der Waals surface area contributed by atoms with Gasteiger partial charge in [0.25, 0.3) is 0 Å². The lowest BCUT2D eigenvalue weighted by atomic mass is 10.0. The van der Waals surface area contributed by atoms with Gasteiger partial charge < -0.3 is 15.4 Å². The molecule has 2 N–H and O–H groups in total. The van der Waals surface area contributed by atoms with Crippen molar-refractivity contribution < 1.29 is 4.74 Å². The van der Waals surface area contributed by atoms with E-state index in [4.69, 9.17) is 10.5 Å². The van der Waals surface area contributed by atoms with Crippen LogP contribution in [0, 0.1) is 5.92 Å². The fraction of sp³-hybridized carbons (Fsp3) is 0.500. The minimum absolute atomic E-state index is 0.542. The van der Waals surface area contributed by atoms with Gasteiger partial charge >= 0.3 is 0 Å². The lowest BCUT2D eigenvalue weighted by Crippen LogP contribution is -2.46. The Morgan fingerprint density at radius 1 is 1.40 bits per heavy atom. The van der Waals surface area contributed by atoms with Gasteiger partial charge in [0.15, 0.2) is 0 Å². The summed E-state index contributed by atoms with van der Waals surface area (Å²) in [6, 6.07) is 7.99. The molecule has 3 heteroatoms. The lowest BCUT2D eigenvalue weighted by molar-refractivity contribution is 0.0854. The zero-order valence-electron chi connectivity index (χ0n) is 9.15. The summed E-state index contributed by atoms with van der Waals surface area (Å²) in [5, 5.41) is 0. The second kappa shape index (κ2) is 4.64. The number of likely N-dealkylation sites (tertiary alicyclic amines) is 1. The number of benzene rings is 1. The molecular formula is C12H18N2O. The Hall–Kier alpha value is -1.06. The van der Waals surface area contributed by atoms with Crippen LogP contribution in [-0.4, -0.2) is 31.6 Å². The zero-order chi connectivity index (χ0) is 10.7. The number of ether oxygens (including phenoxy) is 1. The molecule has 0 spiro atoms. The molecule has 0 amide bonds. The molecule has 0 radical (unpaired) electrons. The summed E-state index contributed by atoms with van der Waals surface area (Å²) in [6.45, 7) is 3.64. The minimum Gasteiger partial charge on any atom is -0.493 e. The van der Waals surface area contributed by atoms with Gasteiger partial charge in [0.1, 0.15) is 5.75 Å². The number of rotatable bonds is 4. The molecule has 1 heterocycles. The van der Waals surface area contributed by atoms with Crippen LogP contribution in [0.15, 0.2) is 24.3 Å². The molecule has 0 aliphatic carbocycles. The Morgan fingerprint density at radius 2 is 2.13 bits per heavy atom. The van der Waals surface area contributed by atoms with Crippen molar-refractivity contribution in [1.82, 2.24) is 4.90 Å². The highest BCUT2D eigenvalue weighted by Crippen LogP contribution is 2.20. The molecule has 0 unspecified atom stereocenters. The first-order valence-electron chi connectivity index (χ1n) is 5.39. The zero-order valence-corrected chi connectivity index (χ0v) is 9.15. The molecule has 1 saturated heterocycles. The van der Waals surface area contributed by atoms with E-state index in [0.717, 1.165) is 31.0 Å². The molecule has 0 atom stereocenters. The molecule has 2 rings (SSSR count). The first-order chi connectivity index (χ1) is 7.29. The average Bonchev–Trinajstić information content (AvgIpc) is 2.23. The molecular weight excluding hydrogens is 188 g/mol. The number of hydrogen-bond acceptors (Lipinski definition) is 3. The Morgan fingerprint density at radius 3 is 2.80 bits per heavy atom.